The highest BCUT2D eigenvalue weighted by molar-refractivity contribution is 6.02. The predicted molar refractivity (Wildman–Crippen MR) is 61.9 cm³/mol. The molecule has 0 aliphatic heterocycles. The van der Waals surface area contributed by atoms with Crippen molar-refractivity contribution < 1.29 is 15.0 Å². The summed E-state index contributed by atoms with van der Waals surface area (Å²) < 4.78 is 0. The molecular formula is C13H13NO3. The van der Waals surface area contributed by atoms with E-state index in [1.807, 2.05) is 12.2 Å². The lowest BCUT2D eigenvalue weighted by Crippen LogP contribution is -2.40. The summed E-state index contributed by atoms with van der Waals surface area (Å²) in [5, 5.41) is 20.4. The Labute approximate surface area is 98.6 Å². The molecule has 0 spiro atoms. The standard InChI is InChI=1S/C13H13NO3/c15-5-8(6-16)14-13(17)10-2-1-9-11-3-7(11)4-12(9)10/h1-4,8,11,15-16H,5-6H2,(H,14,17). The number of allylic oxidation sites excluding steroid dienone is 6. The summed E-state index contributed by atoms with van der Waals surface area (Å²) in [6.45, 7) is -0.523. The fourth-order valence-corrected chi connectivity index (χ4v) is 2.27. The molecule has 1 atom stereocenters. The van der Waals surface area contributed by atoms with Crippen LogP contribution in [0.15, 0.2) is 46.6 Å². The second-order valence-corrected chi connectivity index (χ2v) is 4.44. The summed E-state index contributed by atoms with van der Waals surface area (Å²) >= 11 is 0. The summed E-state index contributed by atoms with van der Waals surface area (Å²) in [6.07, 6.45) is 7.95. The summed E-state index contributed by atoms with van der Waals surface area (Å²) in [6, 6.07) is -0.594. The van der Waals surface area contributed by atoms with Crippen molar-refractivity contribution in [2.24, 2.45) is 5.92 Å². The van der Waals surface area contributed by atoms with E-state index in [1.165, 1.54) is 11.1 Å². The molecule has 3 N–H and O–H groups in total. The fraction of sp³-hybridized carbons (Fsp3) is 0.308. The number of rotatable bonds is 4. The van der Waals surface area contributed by atoms with Crippen molar-refractivity contribution >= 4 is 5.91 Å². The highest BCUT2D eigenvalue weighted by Gasteiger charge is 2.39. The fourth-order valence-electron chi connectivity index (χ4n) is 2.27. The van der Waals surface area contributed by atoms with E-state index in [9.17, 15) is 4.79 Å². The van der Waals surface area contributed by atoms with Crippen molar-refractivity contribution in [2.45, 2.75) is 6.04 Å². The van der Waals surface area contributed by atoms with Crippen LogP contribution >= 0.6 is 0 Å². The van der Waals surface area contributed by atoms with Gasteiger partial charge in [-0.2, -0.15) is 0 Å². The predicted octanol–water partition coefficient (Wildman–Crippen LogP) is -0.182. The molecule has 0 aromatic heterocycles. The molecule has 4 heteroatoms. The van der Waals surface area contributed by atoms with Gasteiger partial charge < -0.3 is 15.5 Å². The maximum Gasteiger partial charge on any atom is 0.252 e. The SMILES string of the molecule is O=C(NC(CO)CO)C1=CC=C2C1=CC1=CC12. The summed E-state index contributed by atoms with van der Waals surface area (Å²) in [4.78, 5) is 11.9. The molecule has 0 bridgehead atoms. The van der Waals surface area contributed by atoms with E-state index < -0.39 is 6.04 Å². The molecule has 1 amide bonds. The second kappa shape index (κ2) is 3.68. The van der Waals surface area contributed by atoms with E-state index in [4.69, 9.17) is 10.2 Å². The van der Waals surface area contributed by atoms with Crippen LogP contribution in [0.1, 0.15) is 0 Å². The highest BCUT2D eigenvalue weighted by atomic mass is 16.3. The Balaban J connectivity index is 1.72. The Kier molecular flexibility index (Phi) is 2.28. The molecule has 4 nitrogen and oxygen atoms in total. The molecule has 0 heterocycles. The molecule has 0 aromatic rings. The number of hydrogen-bond acceptors (Lipinski definition) is 3. The third-order valence-corrected chi connectivity index (χ3v) is 3.31. The van der Waals surface area contributed by atoms with Gasteiger partial charge in [-0.15, -0.1) is 0 Å². The number of fused-ring (bicyclic) bond motifs is 3. The number of amides is 1. The quantitative estimate of drug-likeness (QED) is 0.628. The molecule has 0 saturated carbocycles. The molecule has 0 aromatic carbocycles. The zero-order chi connectivity index (χ0) is 12.0. The van der Waals surface area contributed by atoms with Gasteiger partial charge in [-0.05, 0) is 28.9 Å². The smallest absolute Gasteiger partial charge is 0.252 e. The first-order chi connectivity index (χ1) is 8.24. The molecule has 0 fully saturated rings. The number of hydrogen-bond donors (Lipinski definition) is 3. The molecule has 1 unspecified atom stereocenters. The minimum absolute atomic E-state index is 0.238. The van der Waals surface area contributed by atoms with Gasteiger partial charge in [0.15, 0.2) is 0 Å². The lowest BCUT2D eigenvalue weighted by atomic mass is 10.0. The Morgan fingerprint density at radius 3 is 2.82 bits per heavy atom. The first-order valence-corrected chi connectivity index (χ1v) is 5.63. The van der Waals surface area contributed by atoms with Gasteiger partial charge in [0.1, 0.15) is 0 Å². The van der Waals surface area contributed by atoms with Crippen molar-refractivity contribution in [3.63, 3.8) is 0 Å². The van der Waals surface area contributed by atoms with Gasteiger partial charge in [-0.1, -0.05) is 12.2 Å². The largest absolute Gasteiger partial charge is 0.394 e. The Hall–Kier alpha value is -1.65. The van der Waals surface area contributed by atoms with Gasteiger partial charge >= 0.3 is 0 Å². The van der Waals surface area contributed by atoms with Crippen LogP contribution in [-0.2, 0) is 4.79 Å². The average Bonchev–Trinajstić information content (AvgIpc) is 2.83. The van der Waals surface area contributed by atoms with Crippen LogP contribution in [0.3, 0.4) is 0 Å². The number of carbonyl (C=O) groups excluding carboxylic acids is 1. The van der Waals surface area contributed by atoms with Crippen LogP contribution < -0.4 is 5.32 Å². The molecule has 0 radical (unpaired) electrons. The van der Waals surface area contributed by atoms with Crippen LogP contribution in [0.25, 0.3) is 0 Å². The van der Waals surface area contributed by atoms with Gasteiger partial charge in [-0.3, -0.25) is 4.79 Å². The van der Waals surface area contributed by atoms with Crippen LogP contribution in [0, 0.1) is 5.92 Å². The molecule has 3 aliphatic carbocycles. The van der Waals surface area contributed by atoms with E-state index in [0.29, 0.717) is 11.5 Å². The van der Waals surface area contributed by atoms with E-state index in [2.05, 4.69) is 11.4 Å². The molecule has 17 heavy (non-hydrogen) atoms. The van der Waals surface area contributed by atoms with E-state index >= 15 is 0 Å². The number of nitrogens with one attached hydrogen (secondary N) is 1. The normalized spacial score (nSPS) is 23.6. The minimum Gasteiger partial charge on any atom is -0.394 e. The van der Waals surface area contributed by atoms with Crippen molar-refractivity contribution in [1.29, 1.82) is 0 Å². The Morgan fingerprint density at radius 1 is 1.35 bits per heavy atom. The topological polar surface area (TPSA) is 69.6 Å². The Bertz CT molecular complexity index is 507. The summed E-state index contributed by atoms with van der Waals surface area (Å²) in [5.74, 6) is 0.190. The number of aliphatic hydroxyl groups is 2. The maximum atomic E-state index is 11.9. The molecule has 3 rings (SSSR count). The molecule has 3 aliphatic rings. The highest BCUT2D eigenvalue weighted by Crippen LogP contribution is 2.51. The van der Waals surface area contributed by atoms with Crippen molar-refractivity contribution in [1.82, 2.24) is 5.32 Å². The minimum atomic E-state index is -0.594. The van der Waals surface area contributed by atoms with Gasteiger partial charge in [0.25, 0.3) is 5.91 Å². The molecule has 0 saturated heterocycles. The maximum absolute atomic E-state index is 11.9. The lowest BCUT2D eigenvalue weighted by Gasteiger charge is -2.14. The van der Waals surface area contributed by atoms with E-state index in [0.717, 1.165) is 5.57 Å². The second-order valence-electron chi connectivity index (χ2n) is 4.44. The number of aliphatic hydroxyl groups excluding tert-OH is 2. The van der Waals surface area contributed by atoms with Crippen molar-refractivity contribution in [3.05, 3.63) is 46.6 Å². The summed E-state index contributed by atoms with van der Waals surface area (Å²) in [5.41, 5.74) is 4.08. The first kappa shape index (κ1) is 10.5. The monoisotopic (exact) mass is 231 g/mol. The van der Waals surface area contributed by atoms with Crippen LogP contribution in [0.5, 0.6) is 0 Å². The van der Waals surface area contributed by atoms with Gasteiger partial charge in [0.2, 0.25) is 0 Å². The average molecular weight is 231 g/mol. The zero-order valence-corrected chi connectivity index (χ0v) is 9.18. The molecular weight excluding hydrogens is 218 g/mol. The van der Waals surface area contributed by atoms with Crippen molar-refractivity contribution in [3.8, 4) is 0 Å². The third kappa shape index (κ3) is 1.57. The number of carbonyl (C=O) groups is 1. The summed E-state index contributed by atoms with van der Waals surface area (Å²) in [7, 11) is 0. The van der Waals surface area contributed by atoms with E-state index in [1.54, 1.807) is 6.08 Å². The van der Waals surface area contributed by atoms with E-state index in [-0.39, 0.29) is 19.1 Å². The third-order valence-electron chi connectivity index (χ3n) is 3.31. The zero-order valence-electron chi connectivity index (χ0n) is 9.18. The van der Waals surface area contributed by atoms with Crippen molar-refractivity contribution in [2.75, 3.05) is 13.2 Å². The first-order valence-electron chi connectivity index (χ1n) is 5.63. The Morgan fingerprint density at radius 2 is 2.12 bits per heavy atom. The lowest BCUT2D eigenvalue weighted by molar-refractivity contribution is -0.118. The van der Waals surface area contributed by atoms with Crippen LogP contribution in [-0.4, -0.2) is 35.4 Å². The molecule has 88 valence electrons. The van der Waals surface area contributed by atoms with Crippen LogP contribution in [0.4, 0.5) is 0 Å². The van der Waals surface area contributed by atoms with Gasteiger partial charge in [-0.25, -0.2) is 0 Å². The van der Waals surface area contributed by atoms with Crippen LogP contribution in [0.2, 0.25) is 0 Å². The van der Waals surface area contributed by atoms with Gasteiger partial charge in [0, 0.05) is 11.5 Å². The van der Waals surface area contributed by atoms with Gasteiger partial charge in [0.05, 0.1) is 19.3 Å².